The third-order valence-electron chi connectivity index (χ3n) is 3.17. The minimum Gasteiger partial charge on any atom is -0.349 e. The van der Waals surface area contributed by atoms with Crippen LogP contribution in [0.5, 0.6) is 0 Å². The van der Waals surface area contributed by atoms with Crippen molar-refractivity contribution in [3.63, 3.8) is 0 Å². The first-order valence-corrected chi connectivity index (χ1v) is 6.89. The highest BCUT2D eigenvalue weighted by atomic mass is 19.1. The normalized spacial score (nSPS) is 11.8. The zero-order valence-electron chi connectivity index (χ0n) is 12.1. The summed E-state index contributed by atoms with van der Waals surface area (Å²) in [6.07, 6.45) is 2.39. The van der Waals surface area contributed by atoms with Crippen LogP contribution in [-0.4, -0.2) is 16.9 Å². The number of benzene rings is 1. The van der Waals surface area contributed by atoms with Crippen LogP contribution in [0.2, 0.25) is 0 Å². The summed E-state index contributed by atoms with van der Waals surface area (Å²) in [6, 6.07) is 9.68. The van der Waals surface area contributed by atoms with Crippen LogP contribution in [0, 0.1) is 5.82 Å². The molecule has 1 amide bonds. The van der Waals surface area contributed by atoms with Gasteiger partial charge in [-0.2, -0.15) is 0 Å². The number of hydrogen-bond acceptors (Lipinski definition) is 3. The molecule has 2 aromatic rings. The first kappa shape index (κ1) is 15.0. The van der Waals surface area contributed by atoms with E-state index >= 15 is 0 Å². The molecule has 1 aromatic heterocycles. The second-order valence-corrected chi connectivity index (χ2v) is 4.79. The lowest BCUT2D eigenvalue weighted by Crippen LogP contribution is -2.32. The van der Waals surface area contributed by atoms with Gasteiger partial charge in [0.2, 0.25) is 0 Å². The largest absolute Gasteiger partial charge is 0.349 e. The maximum absolute atomic E-state index is 13.7. The van der Waals surface area contributed by atoms with E-state index in [1.54, 1.807) is 36.5 Å². The maximum atomic E-state index is 13.7. The Morgan fingerprint density at radius 2 is 2.05 bits per heavy atom. The molecule has 1 unspecified atom stereocenters. The van der Waals surface area contributed by atoms with Gasteiger partial charge >= 0.3 is 0 Å². The van der Waals surface area contributed by atoms with Gasteiger partial charge in [0, 0.05) is 12.2 Å². The maximum Gasteiger partial charge on any atom is 0.255 e. The zero-order valence-corrected chi connectivity index (χ0v) is 12.1. The lowest BCUT2D eigenvalue weighted by molar-refractivity contribution is 0.0940. The van der Waals surface area contributed by atoms with Crippen LogP contribution in [0.15, 0.2) is 42.6 Å². The molecule has 0 fully saturated rings. The molecule has 0 aliphatic carbocycles. The standard InChI is InChI=1S/C16H18FN3O/c1-3-11(2)19-16(21)12-7-6-10-18-15(12)20-14-9-5-4-8-13(14)17/h4-11H,3H2,1-2H3,(H,18,20)(H,19,21). The van der Waals surface area contributed by atoms with Crippen molar-refractivity contribution in [1.82, 2.24) is 10.3 Å². The fourth-order valence-electron chi connectivity index (χ4n) is 1.78. The smallest absolute Gasteiger partial charge is 0.255 e. The molecule has 0 spiro atoms. The molecule has 110 valence electrons. The van der Waals surface area contributed by atoms with Crippen LogP contribution in [0.3, 0.4) is 0 Å². The summed E-state index contributed by atoms with van der Waals surface area (Å²) in [7, 11) is 0. The van der Waals surface area contributed by atoms with Crippen LogP contribution in [0.25, 0.3) is 0 Å². The number of rotatable bonds is 5. The Kier molecular flexibility index (Phi) is 4.87. The highest BCUT2D eigenvalue weighted by Crippen LogP contribution is 2.20. The Hall–Kier alpha value is -2.43. The summed E-state index contributed by atoms with van der Waals surface area (Å²) < 4.78 is 13.7. The van der Waals surface area contributed by atoms with Crippen molar-refractivity contribution in [1.29, 1.82) is 0 Å². The van der Waals surface area contributed by atoms with Crippen LogP contribution in [0.1, 0.15) is 30.6 Å². The van der Waals surface area contributed by atoms with Crippen molar-refractivity contribution in [3.8, 4) is 0 Å². The molecule has 0 bridgehead atoms. The van der Waals surface area contributed by atoms with Crippen LogP contribution >= 0.6 is 0 Å². The molecule has 4 nitrogen and oxygen atoms in total. The molecule has 21 heavy (non-hydrogen) atoms. The molecule has 0 aliphatic rings. The molecular weight excluding hydrogens is 269 g/mol. The van der Waals surface area contributed by atoms with Crippen molar-refractivity contribution in [2.24, 2.45) is 0 Å². The summed E-state index contributed by atoms with van der Waals surface area (Å²) in [6.45, 7) is 3.92. The molecule has 0 saturated heterocycles. The number of nitrogens with one attached hydrogen (secondary N) is 2. The van der Waals surface area contributed by atoms with E-state index in [0.717, 1.165) is 6.42 Å². The van der Waals surface area contributed by atoms with Crippen LogP contribution in [-0.2, 0) is 0 Å². The number of anilines is 2. The van der Waals surface area contributed by atoms with E-state index in [1.807, 2.05) is 13.8 Å². The number of hydrogen-bond donors (Lipinski definition) is 2. The molecule has 0 aliphatic heterocycles. The van der Waals surface area contributed by atoms with Gasteiger partial charge in [-0.25, -0.2) is 9.37 Å². The SMILES string of the molecule is CCC(C)NC(=O)c1cccnc1Nc1ccccc1F. The summed E-state index contributed by atoms with van der Waals surface area (Å²) in [5, 5.41) is 5.74. The first-order valence-electron chi connectivity index (χ1n) is 6.89. The number of carbonyl (C=O) groups is 1. The number of pyridine rings is 1. The summed E-state index contributed by atoms with van der Waals surface area (Å²) in [5.41, 5.74) is 0.676. The quantitative estimate of drug-likeness (QED) is 0.885. The van der Waals surface area contributed by atoms with Gasteiger partial charge < -0.3 is 10.6 Å². The van der Waals surface area contributed by atoms with Gasteiger partial charge in [0.25, 0.3) is 5.91 Å². The molecule has 2 rings (SSSR count). The summed E-state index contributed by atoms with van der Waals surface area (Å²) in [5.74, 6) is -0.281. The van der Waals surface area contributed by atoms with Gasteiger partial charge in [-0.3, -0.25) is 4.79 Å². The minimum absolute atomic E-state index is 0.0685. The van der Waals surface area contributed by atoms with E-state index in [-0.39, 0.29) is 17.6 Å². The van der Waals surface area contributed by atoms with Gasteiger partial charge in [0.05, 0.1) is 11.3 Å². The number of aromatic nitrogens is 1. The monoisotopic (exact) mass is 287 g/mol. The van der Waals surface area contributed by atoms with Crippen LogP contribution < -0.4 is 10.6 Å². The van der Waals surface area contributed by atoms with Crippen molar-refractivity contribution in [2.75, 3.05) is 5.32 Å². The Morgan fingerprint density at radius 3 is 2.76 bits per heavy atom. The van der Waals surface area contributed by atoms with E-state index in [1.165, 1.54) is 6.07 Å². The second-order valence-electron chi connectivity index (χ2n) is 4.79. The molecule has 5 heteroatoms. The zero-order chi connectivity index (χ0) is 15.2. The lowest BCUT2D eigenvalue weighted by Gasteiger charge is -2.14. The third-order valence-corrected chi connectivity index (χ3v) is 3.17. The highest BCUT2D eigenvalue weighted by molar-refractivity contribution is 5.99. The number of nitrogens with zero attached hydrogens (tertiary/aromatic N) is 1. The van der Waals surface area contributed by atoms with E-state index in [9.17, 15) is 9.18 Å². The minimum atomic E-state index is -0.392. The molecule has 0 saturated carbocycles. The summed E-state index contributed by atoms with van der Waals surface area (Å²) >= 11 is 0. The molecule has 1 heterocycles. The van der Waals surface area contributed by atoms with E-state index < -0.39 is 5.82 Å². The predicted molar refractivity (Wildman–Crippen MR) is 81.1 cm³/mol. The van der Waals surface area contributed by atoms with Crippen molar-refractivity contribution < 1.29 is 9.18 Å². The number of para-hydroxylation sites is 1. The first-order chi connectivity index (χ1) is 10.1. The highest BCUT2D eigenvalue weighted by Gasteiger charge is 2.14. The number of carbonyl (C=O) groups excluding carboxylic acids is 1. The Labute approximate surface area is 123 Å². The average molecular weight is 287 g/mol. The van der Waals surface area contributed by atoms with Crippen molar-refractivity contribution >= 4 is 17.4 Å². The Balaban J connectivity index is 2.25. The van der Waals surface area contributed by atoms with Crippen molar-refractivity contribution in [3.05, 3.63) is 54.0 Å². The van der Waals surface area contributed by atoms with E-state index in [2.05, 4.69) is 15.6 Å². The van der Waals surface area contributed by atoms with E-state index in [4.69, 9.17) is 0 Å². The van der Waals surface area contributed by atoms with Gasteiger partial charge in [-0.1, -0.05) is 19.1 Å². The second kappa shape index (κ2) is 6.83. The fourth-order valence-corrected chi connectivity index (χ4v) is 1.78. The average Bonchev–Trinajstić information content (AvgIpc) is 2.50. The van der Waals surface area contributed by atoms with Gasteiger partial charge in [0.15, 0.2) is 0 Å². The third kappa shape index (κ3) is 3.78. The van der Waals surface area contributed by atoms with Gasteiger partial charge in [-0.05, 0) is 37.6 Å². The van der Waals surface area contributed by atoms with Crippen molar-refractivity contribution in [2.45, 2.75) is 26.3 Å². The van der Waals surface area contributed by atoms with Gasteiger partial charge in [0.1, 0.15) is 11.6 Å². The Morgan fingerprint density at radius 1 is 1.29 bits per heavy atom. The van der Waals surface area contributed by atoms with E-state index in [0.29, 0.717) is 11.4 Å². The summed E-state index contributed by atoms with van der Waals surface area (Å²) in [4.78, 5) is 16.4. The molecule has 1 aromatic carbocycles. The topological polar surface area (TPSA) is 54.0 Å². The molecule has 0 radical (unpaired) electrons. The van der Waals surface area contributed by atoms with Gasteiger partial charge in [-0.15, -0.1) is 0 Å². The molecule has 2 N–H and O–H groups in total. The Bertz CT molecular complexity index is 630. The predicted octanol–water partition coefficient (Wildman–Crippen LogP) is 3.49. The number of amides is 1. The van der Waals surface area contributed by atoms with Crippen LogP contribution in [0.4, 0.5) is 15.9 Å². The lowest BCUT2D eigenvalue weighted by atomic mass is 10.2. The molecule has 1 atom stereocenters. The fraction of sp³-hybridized carbons (Fsp3) is 0.250. The molecular formula is C16H18FN3O. The number of halogens is 1.